The van der Waals surface area contributed by atoms with Crippen LogP contribution in [0, 0.1) is 5.82 Å². The number of aliphatic imine (C=N–C) groups is 1. The first kappa shape index (κ1) is 22.7. The molecule has 0 unspecified atom stereocenters. The Bertz CT molecular complexity index is 898. The van der Waals surface area contributed by atoms with Gasteiger partial charge in [-0.15, -0.1) is 0 Å². The quantitative estimate of drug-likeness (QED) is 0.521. The molecular weight excluding hydrogens is 397 g/mol. The molecule has 0 atom stereocenters. The minimum Gasteiger partial charge on any atom is -0.493 e. The van der Waals surface area contributed by atoms with Crippen molar-refractivity contribution in [2.75, 3.05) is 64.2 Å². The van der Waals surface area contributed by atoms with Crippen LogP contribution in [-0.2, 0) is 6.54 Å². The van der Waals surface area contributed by atoms with E-state index in [-0.39, 0.29) is 5.82 Å². The highest BCUT2D eigenvalue weighted by Crippen LogP contribution is 2.29. The van der Waals surface area contributed by atoms with E-state index < -0.39 is 0 Å². The van der Waals surface area contributed by atoms with E-state index >= 15 is 0 Å². The van der Waals surface area contributed by atoms with Crippen LogP contribution in [0.3, 0.4) is 0 Å². The normalized spacial score (nSPS) is 15.0. The number of hydrogen-bond donors (Lipinski definition) is 2. The summed E-state index contributed by atoms with van der Waals surface area (Å²) >= 11 is 0. The molecule has 0 spiro atoms. The maximum Gasteiger partial charge on any atom is 0.195 e. The maximum absolute atomic E-state index is 14.8. The van der Waals surface area contributed by atoms with Gasteiger partial charge in [-0.1, -0.05) is 13.0 Å². The first-order chi connectivity index (χ1) is 15.1. The summed E-state index contributed by atoms with van der Waals surface area (Å²) in [6.45, 7) is 7.29. The standard InChI is InChI=1S/C23H32FN5O2/c1-5-28-10-12-29(13-11-28)20-8-6-17(14-19(20)24)16-26-23(25-2)27-18-7-9-21(30-3)22(15-18)31-4/h6-9,14-15H,5,10-13,16H2,1-4H3,(H2,25,26,27). The Morgan fingerprint density at radius 3 is 2.39 bits per heavy atom. The summed E-state index contributed by atoms with van der Waals surface area (Å²) in [5.41, 5.74) is 2.33. The van der Waals surface area contributed by atoms with Gasteiger partial charge in [0.25, 0.3) is 0 Å². The monoisotopic (exact) mass is 429 g/mol. The predicted octanol–water partition coefficient (Wildman–Crippen LogP) is 3.17. The number of piperazine rings is 1. The van der Waals surface area contributed by atoms with Gasteiger partial charge in [-0.05, 0) is 36.4 Å². The van der Waals surface area contributed by atoms with Crippen LogP contribution in [0.25, 0.3) is 0 Å². The summed E-state index contributed by atoms with van der Waals surface area (Å²) in [6.07, 6.45) is 0. The Morgan fingerprint density at radius 2 is 1.77 bits per heavy atom. The third-order valence-electron chi connectivity index (χ3n) is 5.50. The van der Waals surface area contributed by atoms with E-state index in [1.807, 2.05) is 30.3 Å². The molecular formula is C23H32FN5O2. The molecule has 0 amide bonds. The van der Waals surface area contributed by atoms with E-state index in [0.29, 0.717) is 29.7 Å². The van der Waals surface area contributed by atoms with Crippen molar-refractivity contribution in [1.82, 2.24) is 10.2 Å². The number of benzene rings is 2. The van der Waals surface area contributed by atoms with Crippen LogP contribution in [0.4, 0.5) is 15.8 Å². The van der Waals surface area contributed by atoms with Gasteiger partial charge < -0.3 is 29.9 Å². The van der Waals surface area contributed by atoms with Gasteiger partial charge in [0.1, 0.15) is 5.82 Å². The number of halogens is 1. The molecule has 0 radical (unpaired) electrons. The van der Waals surface area contributed by atoms with Crippen molar-refractivity contribution in [3.8, 4) is 11.5 Å². The van der Waals surface area contributed by atoms with Gasteiger partial charge >= 0.3 is 0 Å². The molecule has 1 fully saturated rings. The Labute approximate surface area is 183 Å². The molecule has 1 aliphatic rings. The molecule has 7 nitrogen and oxygen atoms in total. The van der Waals surface area contributed by atoms with Crippen molar-refractivity contribution in [3.05, 3.63) is 47.8 Å². The molecule has 0 aromatic heterocycles. The lowest BCUT2D eigenvalue weighted by Crippen LogP contribution is -2.46. The highest BCUT2D eigenvalue weighted by atomic mass is 19.1. The second-order valence-electron chi connectivity index (χ2n) is 7.33. The van der Waals surface area contributed by atoms with Crippen molar-refractivity contribution in [3.63, 3.8) is 0 Å². The number of guanidine groups is 1. The number of ether oxygens (including phenoxy) is 2. The van der Waals surface area contributed by atoms with E-state index in [1.54, 1.807) is 27.3 Å². The molecule has 0 bridgehead atoms. The lowest BCUT2D eigenvalue weighted by Gasteiger charge is -2.35. The number of nitrogens with zero attached hydrogens (tertiary/aromatic N) is 3. The van der Waals surface area contributed by atoms with Gasteiger partial charge in [0.15, 0.2) is 17.5 Å². The third-order valence-corrected chi connectivity index (χ3v) is 5.50. The molecule has 8 heteroatoms. The lowest BCUT2D eigenvalue weighted by atomic mass is 10.1. The fraction of sp³-hybridized carbons (Fsp3) is 0.435. The molecule has 1 saturated heterocycles. The summed E-state index contributed by atoms with van der Waals surface area (Å²) in [5, 5.41) is 6.43. The zero-order valence-electron chi connectivity index (χ0n) is 18.7. The first-order valence-corrected chi connectivity index (χ1v) is 10.5. The van der Waals surface area contributed by atoms with Crippen LogP contribution in [0.1, 0.15) is 12.5 Å². The number of rotatable bonds is 7. The number of methoxy groups -OCH3 is 2. The van der Waals surface area contributed by atoms with Crippen LogP contribution in [0.15, 0.2) is 41.4 Å². The molecule has 168 valence electrons. The van der Waals surface area contributed by atoms with Crippen LogP contribution < -0.4 is 25.0 Å². The fourth-order valence-corrected chi connectivity index (χ4v) is 3.64. The minimum atomic E-state index is -0.188. The largest absolute Gasteiger partial charge is 0.493 e. The van der Waals surface area contributed by atoms with Crippen LogP contribution in [0.2, 0.25) is 0 Å². The summed E-state index contributed by atoms with van der Waals surface area (Å²) in [4.78, 5) is 8.74. The second-order valence-corrected chi connectivity index (χ2v) is 7.33. The number of likely N-dealkylation sites (N-methyl/N-ethyl adjacent to an activating group) is 1. The van der Waals surface area contributed by atoms with Gasteiger partial charge in [0.05, 0.1) is 19.9 Å². The van der Waals surface area contributed by atoms with Crippen molar-refractivity contribution in [2.24, 2.45) is 4.99 Å². The van der Waals surface area contributed by atoms with Gasteiger partial charge in [-0.25, -0.2) is 4.39 Å². The SMILES string of the molecule is CCN1CCN(c2ccc(CNC(=NC)Nc3ccc(OC)c(OC)c3)cc2F)CC1. The van der Waals surface area contributed by atoms with Crippen molar-refractivity contribution >= 4 is 17.3 Å². The van der Waals surface area contributed by atoms with Crippen LogP contribution in [0.5, 0.6) is 11.5 Å². The average molecular weight is 430 g/mol. The van der Waals surface area contributed by atoms with Crippen molar-refractivity contribution in [1.29, 1.82) is 0 Å². The second kappa shape index (κ2) is 10.9. The van der Waals surface area contributed by atoms with Gasteiger partial charge in [0.2, 0.25) is 0 Å². The van der Waals surface area contributed by atoms with E-state index in [9.17, 15) is 4.39 Å². The Balaban J connectivity index is 1.59. The van der Waals surface area contributed by atoms with Gasteiger partial charge in [-0.2, -0.15) is 0 Å². The van der Waals surface area contributed by atoms with Crippen LogP contribution in [-0.4, -0.2) is 64.9 Å². The molecule has 3 rings (SSSR count). The summed E-state index contributed by atoms with van der Waals surface area (Å²) in [6, 6.07) is 11.0. The molecule has 1 heterocycles. The number of hydrogen-bond acceptors (Lipinski definition) is 5. The van der Waals surface area contributed by atoms with Crippen LogP contribution >= 0.6 is 0 Å². The Morgan fingerprint density at radius 1 is 1.03 bits per heavy atom. The highest BCUT2D eigenvalue weighted by Gasteiger charge is 2.18. The topological polar surface area (TPSA) is 61.4 Å². The predicted molar refractivity (Wildman–Crippen MR) is 124 cm³/mol. The van der Waals surface area contributed by atoms with E-state index in [0.717, 1.165) is 44.0 Å². The zero-order valence-corrected chi connectivity index (χ0v) is 18.7. The molecule has 2 aromatic rings. The maximum atomic E-state index is 14.8. The molecule has 31 heavy (non-hydrogen) atoms. The average Bonchev–Trinajstić information content (AvgIpc) is 2.81. The molecule has 0 saturated carbocycles. The lowest BCUT2D eigenvalue weighted by molar-refractivity contribution is 0.270. The Hall–Kier alpha value is -3.00. The summed E-state index contributed by atoms with van der Waals surface area (Å²) in [7, 11) is 4.88. The smallest absolute Gasteiger partial charge is 0.195 e. The summed E-state index contributed by atoms with van der Waals surface area (Å²) in [5.74, 6) is 1.67. The van der Waals surface area contributed by atoms with Gasteiger partial charge in [-0.3, -0.25) is 4.99 Å². The molecule has 1 aliphatic heterocycles. The summed E-state index contributed by atoms with van der Waals surface area (Å²) < 4.78 is 25.4. The number of nitrogens with one attached hydrogen (secondary N) is 2. The van der Waals surface area contributed by atoms with Crippen molar-refractivity contribution in [2.45, 2.75) is 13.5 Å². The number of anilines is 2. The molecule has 2 N–H and O–H groups in total. The molecule has 0 aliphatic carbocycles. The fourth-order valence-electron chi connectivity index (χ4n) is 3.64. The highest BCUT2D eigenvalue weighted by molar-refractivity contribution is 5.93. The van der Waals surface area contributed by atoms with E-state index in [2.05, 4.69) is 32.3 Å². The van der Waals surface area contributed by atoms with Crippen molar-refractivity contribution < 1.29 is 13.9 Å². The van der Waals surface area contributed by atoms with E-state index in [4.69, 9.17) is 9.47 Å². The first-order valence-electron chi connectivity index (χ1n) is 10.5. The van der Waals surface area contributed by atoms with Gasteiger partial charge in [0, 0.05) is 51.5 Å². The zero-order chi connectivity index (χ0) is 22.2. The van der Waals surface area contributed by atoms with E-state index in [1.165, 1.54) is 0 Å². The third kappa shape index (κ3) is 5.79. The Kier molecular flexibility index (Phi) is 7.94. The minimum absolute atomic E-state index is 0.188. The molecule has 2 aromatic carbocycles.